The molecule has 1 amide bonds. The van der Waals surface area contributed by atoms with Gasteiger partial charge in [-0.25, -0.2) is 0 Å². The molecule has 0 N–H and O–H groups in total. The molecule has 0 unspecified atom stereocenters. The second-order valence-corrected chi connectivity index (χ2v) is 4.03. The molecule has 0 saturated carbocycles. The number of ketones is 1. The standard InChI is InChI=1S/C12H15NO2/c1-9(14)12(13-8-7-11(13)15)10-5-3-2-4-6-10/h3,5-6,12H,2,4,7-8H2,1H3/t12-/m1/s1. The van der Waals surface area contributed by atoms with E-state index in [2.05, 4.69) is 12.2 Å². The van der Waals surface area contributed by atoms with Crippen LogP contribution in [0.15, 0.2) is 23.8 Å². The molecule has 3 nitrogen and oxygen atoms in total. The molecule has 3 heteroatoms. The molecule has 0 aromatic rings. The fraction of sp³-hybridized carbons (Fsp3) is 0.500. The number of hydrogen-bond donors (Lipinski definition) is 0. The molecule has 1 fully saturated rings. The van der Waals surface area contributed by atoms with Crippen molar-refractivity contribution in [2.45, 2.75) is 32.2 Å². The van der Waals surface area contributed by atoms with Crippen LogP contribution >= 0.6 is 0 Å². The minimum Gasteiger partial charge on any atom is -0.328 e. The topological polar surface area (TPSA) is 37.4 Å². The number of carbonyl (C=O) groups excluding carboxylic acids is 2. The van der Waals surface area contributed by atoms with Crippen LogP contribution in [0.5, 0.6) is 0 Å². The van der Waals surface area contributed by atoms with Crippen molar-refractivity contribution in [2.75, 3.05) is 6.54 Å². The summed E-state index contributed by atoms with van der Waals surface area (Å²) in [7, 11) is 0. The summed E-state index contributed by atoms with van der Waals surface area (Å²) in [5, 5.41) is 0. The number of β-lactam (4-membered cyclic amide) rings is 1. The monoisotopic (exact) mass is 205 g/mol. The molecule has 80 valence electrons. The lowest BCUT2D eigenvalue weighted by Gasteiger charge is -2.37. The van der Waals surface area contributed by atoms with E-state index in [0.29, 0.717) is 13.0 Å². The lowest BCUT2D eigenvalue weighted by Crippen LogP contribution is -2.53. The minimum atomic E-state index is -0.331. The number of amides is 1. The van der Waals surface area contributed by atoms with Gasteiger partial charge in [0.1, 0.15) is 6.04 Å². The Bertz CT molecular complexity index is 355. The maximum Gasteiger partial charge on any atom is 0.225 e. The van der Waals surface area contributed by atoms with Gasteiger partial charge in [-0.05, 0) is 25.3 Å². The third-order valence-electron chi connectivity index (χ3n) is 2.92. The van der Waals surface area contributed by atoms with Crippen molar-refractivity contribution in [3.05, 3.63) is 23.8 Å². The van der Waals surface area contributed by atoms with Crippen LogP contribution in [-0.4, -0.2) is 29.2 Å². The van der Waals surface area contributed by atoms with Gasteiger partial charge in [-0.3, -0.25) is 9.59 Å². The first-order chi connectivity index (χ1) is 7.20. The van der Waals surface area contributed by atoms with E-state index in [1.54, 1.807) is 11.8 Å². The van der Waals surface area contributed by atoms with Crippen LogP contribution in [0.2, 0.25) is 0 Å². The van der Waals surface area contributed by atoms with Gasteiger partial charge in [-0.2, -0.15) is 0 Å². The first-order valence-electron chi connectivity index (χ1n) is 5.36. The Balaban J connectivity index is 2.19. The Kier molecular flexibility index (Phi) is 2.71. The minimum absolute atomic E-state index is 0.0563. The molecule has 0 aromatic heterocycles. The summed E-state index contributed by atoms with van der Waals surface area (Å²) in [6, 6.07) is -0.331. The van der Waals surface area contributed by atoms with Gasteiger partial charge >= 0.3 is 0 Å². The average Bonchev–Trinajstić information content (AvgIpc) is 2.24. The van der Waals surface area contributed by atoms with Crippen molar-refractivity contribution < 1.29 is 9.59 Å². The van der Waals surface area contributed by atoms with E-state index >= 15 is 0 Å². The Labute approximate surface area is 89.4 Å². The Hall–Kier alpha value is -1.38. The van der Waals surface area contributed by atoms with Gasteiger partial charge < -0.3 is 4.90 Å². The molecule has 1 atom stereocenters. The van der Waals surface area contributed by atoms with E-state index in [4.69, 9.17) is 0 Å². The SMILES string of the molecule is CC(=O)[C@H](C1=CCCC=C1)N1CCC1=O. The average molecular weight is 205 g/mol. The summed E-state index contributed by atoms with van der Waals surface area (Å²) in [5.74, 6) is 0.149. The third kappa shape index (κ3) is 1.87. The smallest absolute Gasteiger partial charge is 0.225 e. The van der Waals surface area contributed by atoms with Gasteiger partial charge in [-0.15, -0.1) is 0 Å². The molecule has 2 aliphatic rings. The van der Waals surface area contributed by atoms with Gasteiger partial charge in [0, 0.05) is 13.0 Å². The normalized spacial score (nSPS) is 22.1. The predicted octanol–water partition coefficient (Wildman–Crippen LogP) is 1.45. The second-order valence-electron chi connectivity index (χ2n) is 4.03. The van der Waals surface area contributed by atoms with E-state index in [1.807, 2.05) is 6.08 Å². The number of hydrogen-bond acceptors (Lipinski definition) is 2. The fourth-order valence-corrected chi connectivity index (χ4v) is 2.08. The van der Waals surface area contributed by atoms with Crippen LogP contribution in [0.3, 0.4) is 0 Å². The van der Waals surface area contributed by atoms with Crippen molar-refractivity contribution in [3.8, 4) is 0 Å². The van der Waals surface area contributed by atoms with Crippen molar-refractivity contribution >= 4 is 11.7 Å². The highest BCUT2D eigenvalue weighted by Crippen LogP contribution is 2.23. The third-order valence-corrected chi connectivity index (χ3v) is 2.92. The van der Waals surface area contributed by atoms with Gasteiger partial charge in [0.15, 0.2) is 5.78 Å². The van der Waals surface area contributed by atoms with Crippen LogP contribution in [0.4, 0.5) is 0 Å². The maximum absolute atomic E-state index is 11.6. The number of allylic oxidation sites excluding steroid dienone is 2. The Morgan fingerprint density at radius 1 is 1.47 bits per heavy atom. The largest absolute Gasteiger partial charge is 0.328 e. The molecule has 1 aliphatic heterocycles. The van der Waals surface area contributed by atoms with Crippen molar-refractivity contribution in [1.82, 2.24) is 4.90 Å². The molecule has 0 aromatic carbocycles. The van der Waals surface area contributed by atoms with E-state index < -0.39 is 0 Å². The maximum atomic E-state index is 11.6. The first-order valence-corrected chi connectivity index (χ1v) is 5.36. The van der Waals surface area contributed by atoms with E-state index in [1.165, 1.54) is 0 Å². The number of Topliss-reactive ketones (excluding diaryl/α,β-unsaturated/α-hetero) is 1. The zero-order chi connectivity index (χ0) is 10.8. The van der Waals surface area contributed by atoms with Gasteiger partial charge in [-0.1, -0.05) is 18.2 Å². The molecule has 15 heavy (non-hydrogen) atoms. The molecule has 1 heterocycles. The molecule has 1 saturated heterocycles. The van der Waals surface area contributed by atoms with Crippen molar-refractivity contribution in [3.63, 3.8) is 0 Å². The molecular weight excluding hydrogens is 190 g/mol. The molecule has 1 aliphatic carbocycles. The number of carbonyl (C=O) groups is 2. The molecule has 0 spiro atoms. The zero-order valence-electron chi connectivity index (χ0n) is 8.90. The molecular formula is C12H15NO2. The van der Waals surface area contributed by atoms with Gasteiger partial charge in [0.25, 0.3) is 0 Å². The van der Waals surface area contributed by atoms with Crippen LogP contribution in [0.25, 0.3) is 0 Å². The zero-order valence-corrected chi connectivity index (χ0v) is 8.90. The quantitative estimate of drug-likeness (QED) is 0.654. The van der Waals surface area contributed by atoms with Crippen LogP contribution in [-0.2, 0) is 9.59 Å². The molecule has 2 rings (SSSR count). The highest BCUT2D eigenvalue weighted by Gasteiger charge is 2.35. The predicted molar refractivity (Wildman–Crippen MR) is 57.3 cm³/mol. The number of likely N-dealkylation sites (tertiary alicyclic amines) is 1. The second kappa shape index (κ2) is 4.01. The van der Waals surface area contributed by atoms with E-state index in [-0.39, 0.29) is 17.7 Å². The summed E-state index contributed by atoms with van der Waals surface area (Å²) in [4.78, 5) is 24.6. The number of rotatable bonds is 3. The van der Waals surface area contributed by atoms with Gasteiger partial charge in [0.05, 0.1) is 0 Å². The lowest BCUT2D eigenvalue weighted by atomic mass is 9.94. The highest BCUT2D eigenvalue weighted by atomic mass is 16.2. The van der Waals surface area contributed by atoms with Crippen LogP contribution in [0, 0.1) is 0 Å². The van der Waals surface area contributed by atoms with E-state index in [9.17, 15) is 9.59 Å². The molecule has 0 radical (unpaired) electrons. The molecule has 0 bridgehead atoms. The Morgan fingerprint density at radius 3 is 2.67 bits per heavy atom. The number of nitrogens with zero attached hydrogens (tertiary/aromatic N) is 1. The first kappa shape index (κ1) is 10.1. The summed E-state index contributed by atoms with van der Waals surface area (Å²) in [5.41, 5.74) is 0.988. The fourth-order valence-electron chi connectivity index (χ4n) is 2.08. The van der Waals surface area contributed by atoms with Crippen molar-refractivity contribution in [2.24, 2.45) is 0 Å². The van der Waals surface area contributed by atoms with Gasteiger partial charge in [0.2, 0.25) is 5.91 Å². The lowest BCUT2D eigenvalue weighted by molar-refractivity contribution is -0.145. The highest BCUT2D eigenvalue weighted by molar-refractivity contribution is 5.93. The summed E-state index contributed by atoms with van der Waals surface area (Å²) >= 11 is 0. The summed E-state index contributed by atoms with van der Waals surface area (Å²) in [6.45, 7) is 2.27. The Morgan fingerprint density at radius 2 is 2.27 bits per heavy atom. The summed E-state index contributed by atoms with van der Waals surface area (Å²) in [6.07, 6.45) is 8.69. The van der Waals surface area contributed by atoms with E-state index in [0.717, 1.165) is 18.4 Å². The van der Waals surface area contributed by atoms with Crippen LogP contribution < -0.4 is 0 Å². The summed E-state index contributed by atoms with van der Waals surface area (Å²) < 4.78 is 0. The van der Waals surface area contributed by atoms with Crippen molar-refractivity contribution in [1.29, 1.82) is 0 Å². The van der Waals surface area contributed by atoms with Crippen LogP contribution in [0.1, 0.15) is 26.2 Å².